The number of hydrogen-bond donors (Lipinski definition) is 0. The molecule has 0 amide bonds. The first-order valence-electron chi connectivity index (χ1n) is 11.0. The second kappa shape index (κ2) is 10.6. The summed E-state index contributed by atoms with van der Waals surface area (Å²) in [7, 11) is 2.99. The van der Waals surface area contributed by atoms with Crippen molar-refractivity contribution >= 4 is 5.78 Å². The Balaban J connectivity index is 1.90. The van der Waals surface area contributed by atoms with Crippen LogP contribution in [-0.4, -0.2) is 20.0 Å². The maximum atomic E-state index is 14.3. The van der Waals surface area contributed by atoms with E-state index in [1.165, 1.54) is 26.4 Å². The van der Waals surface area contributed by atoms with Crippen molar-refractivity contribution in [1.82, 2.24) is 0 Å². The van der Waals surface area contributed by atoms with E-state index in [4.69, 9.17) is 9.47 Å². The van der Waals surface area contributed by atoms with Gasteiger partial charge in [-0.05, 0) is 70.8 Å². The normalized spacial score (nSPS) is 12.6. The summed E-state index contributed by atoms with van der Waals surface area (Å²) < 4.78 is 66.4. The van der Waals surface area contributed by atoms with Crippen LogP contribution in [0.15, 0.2) is 84.9 Å². The Morgan fingerprint density at radius 1 is 0.528 bits per heavy atom. The van der Waals surface area contributed by atoms with Gasteiger partial charge in [0.05, 0.1) is 26.1 Å². The van der Waals surface area contributed by atoms with Crippen LogP contribution in [0.3, 0.4) is 0 Å². The first-order valence-corrected chi connectivity index (χ1v) is 11.0. The topological polar surface area (TPSA) is 35.5 Å². The molecule has 0 saturated carbocycles. The molecule has 4 rings (SSSR count). The average molecular weight is 494 g/mol. The Kier molecular flexibility index (Phi) is 7.38. The number of methoxy groups -OCH3 is 2. The molecule has 0 bridgehead atoms. The van der Waals surface area contributed by atoms with Crippen molar-refractivity contribution < 1.29 is 31.8 Å². The fourth-order valence-corrected chi connectivity index (χ4v) is 4.19. The highest BCUT2D eigenvalue weighted by Crippen LogP contribution is 2.37. The number of ketones is 1. The van der Waals surface area contributed by atoms with Crippen molar-refractivity contribution in [2.45, 2.75) is 11.8 Å². The van der Waals surface area contributed by atoms with Crippen LogP contribution in [0, 0.1) is 23.3 Å². The molecule has 0 spiro atoms. The van der Waals surface area contributed by atoms with Gasteiger partial charge >= 0.3 is 0 Å². The lowest BCUT2D eigenvalue weighted by Gasteiger charge is -2.25. The number of carbonyl (C=O) groups is 1. The summed E-state index contributed by atoms with van der Waals surface area (Å²) >= 11 is 0. The highest BCUT2D eigenvalue weighted by Gasteiger charge is 2.33. The summed E-state index contributed by atoms with van der Waals surface area (Å²) in [6, 6.07) is 19.7. The van der Waals surface area contributed by atoms with Crippen molar-refractivity contribution in [3.8, 4) is 11.5 Å². The summed E-state index contributed by atoms with van der Waals surface area (Å²) in [6.07, 6.45) is 0. The van der Waals surface area contributed by atoms with Gasteiger partial charge in [0, 0.05) is 0 Å². The van der Waals surface area contributed by atoms with E-state index in [9.17, 15) is 22.4 Å². The molecule has 4 aromatic carbocycles. The maximum absolute atomic E-state index is 14.3. The Bertz CT molecular complexity index is 1260. The molecule has 3 nitrogen and oxygen atoms in total. The van der Waals surface area contributed by atoms with E-state index in [1.54, 1.807) is 48.5 Å². The van der Waals surface area contributed by atoms with Crippen LogP contribution >= 0.6 is 0 Å². The summed E-state index contributed by atoms with van der Waals surface area (Å²) in [5.74, 6) is -5.76. The van der Waals surface area contributed by atoms with Crippen molar-refractivity contribution in [2.24, 2.45) is 0 Å². The van der Waals surface area contributed by atoms with Crippen LogP contribution in [0.25, 0.3) is 0 Å². The summed E-state index contributed by atoms with van der Waals surface area (Å²) in [4.78, 5) is 14.3. The van der Waals surface area contributed by atoms with Gasteiger partial charge in [-0.3, -0.25) is 4.79 Å². The summed E-state index contributed by atoms with van der Waals surface area (Å²) in [5, 5.41) is 0. The zero-order valence-electron chi connectivity index (χ0n) is 19.5. The van der Waals surface area contributed by atoms with E-state index in [0.717, 1.165) is 24.3 Å². The Morgan fingerprint density at radius 2 is 0.861 bits per heavy atom. The maximum Gasteiger partial charge on any atom is 0.159 e. The number of ether oxygens (including phenoxy) is 2. The minimum Gasteiger partial charge on any atom is -0.497 e. The van der Waals surface area contributed by atoms with E-state index >= 15 is 0 Å². The number of hydrogen-bond acceptors (Lipinski definition) is 3. The predicted molar refractivity (Wildman–Crippen MR) is 127 cm³/mol. The third-order valence-electron chi connectivity index (χ3n) is 6.02. The number of benzene rings is 4. The predicted octanol–water partition coefficient (Wildman–Crippen LogP) is 6.79. The standard InChI is InChI=1S/C29H22F4O3/c1-35-21-9-3-17(4-10-21)27(19-7-13-23(30)25(32)15-19)29(34)28(18-5-11-22(36-2)12-6-18)20-8-14-24(31)26(33)16-20/h3-16,27-28H,1-2H3. The lowest BCUT2D eigenvalue weighted by Crippen LogP contribution is -2.23. The molecule has 36 heavy (non-hydrogen) atoms. The molecule has 4 aromatic rings. The second-order valence-electron chi connectivity index (χ2n) is 8.16. The van der Waals surface area contributed by atoms with Crippen molar-refractivity contribution in [3.63, 3.8) is 0 Å². The fourth-order valence-electron chi connectivity index (χ4n) is 4.19. The molecule has 0 aromatic heterocycles. The van der Waals surface area contributed by atoms with E-state index < -0.39 is 40.9 Å². The molecule has 0 aliphatic rings. The van der Waals surface area contributed by atoms with Gasteiger partial charge in [-0.25, -0.2) is 17.6 Å². The quantitative estimate of drug-likeness (QED) is 0.253. The van der Waals surface area contributed by atoms with Gasteiger partial charge in [-0.1, -0.05) is 36.4 Å². The molecule has 0 aliphatic heterocycles. The van der Waals surface area contributed by atoms with E-state index in [1.807, 2.05) is 0 Å². The summed E-state index contributed by atoms with van der Waals surface area (Å²) in [6.45, 7) is 0. The lowest BCUT2D eigenvalue weighted by atomic mass is 9.77. The first-order chi connectivity index (χ1) is 17.3. The molecule has 0 fully saturated rings. The molecule has 0 heterocycles. The van der Waals surface area contributed by atoms with Gasteiger partial charge in [0.2, 0.25) is 0 Å². The van der Waals surface area contributed by atoms with Crippen LogP contribution in [0.4, 0.5) is 17.6 Å². The highest BCUT2D eigenvalue weighted by atomic mass is 19.2. The van der Waals surface area contributed by atoms with Crippen molar-refractivity contribution in [2.75, 3.05) is 14.2 Å². The Morgan fingerprint density at radius 3 is 1.17 bits per heavy atom. The SMILES string of the molecule is COc1ccc(C(C(=O)C(c2ccc(OC)cc2)c2ccc(F)c(F)c2)c2ccc(F)c(F)c2)cc1. The van der Waals surface area contributed by atoms with Crippen molar-refractivity contribution in [3.05, 3.63) is 130 Å². The van der Waals surface area contributed by atoms with E-state index in [2.05, 4.69) is 0 Å². The zero-order chi connectivity index (χ0) is 25.8. The van der Waals surface area contributed by atoms with Crippen LogP contribution < -0.4 is 9.47 Å². The molecule has 2 unspecified atom stereocenters. The number of rotatable bonds is 8. The first kappa shape index (κ1) is 25.0. The van der Waals surface area contributed by atoms with Crippen LogP contribution in [0.2, 0.25) is 0 Å². The molecule has 184 valence electrons. The molecular weight excluding hydrogens is 472 g/mol. The minimum absolute atomic E-state index is 0.213. The Labute approximate surface area is 205 Å². The highest BCUT2D eigenvalue weighted by molar-refractivity contribution is 5.97. The van der Waals surface area contributed by atoms with E-state index in [-0.39, 0.29) is 11.1 Å². The smallest absolute Gasteiger partial charge is 0.159 e. The van der Waals surface area contributed by atoms with E-state index in [0.29, 0.717) is 22.6 Å². The molecule has 0 N–H and O–H groups in total. The monoisotopic (exact) mass is 494 g/mol. The number of carbonyl (C=O) groups excluding carboxylic acids is 1. The molecule has 7 heteroatoms. The van der Waals surface area contributed by atoms with Gasteiger partial charge < -0.3 is 9.47 Å². The Hall–Kier alpha value is -4.13. The van der Waals surface area contributed by atoms with Gasteiger partial charge in [0.15, 0.2) is 29.1 Å². The zero-order valence-corrected chi connectivity index (χ0v) is 19.5. The third-order valence-corrected chi connectivity index (χ3v) is 6.02. The number of halogens is 4. The third kappa shape index (κ3) is 5.10. The van der Waals surface area contributed by atoms with Crippen molar-refractivity contribution in [1.29, 1.82) is 0 Å². The molecular formula is C29H22F4O3. The van der Waals surface area contributed by atoms with Crippen LogP contribution in [0.5, 0.6) is 11.5 Å². The largest absolute Gasteiger partial charge is 0.497 e. The average Bonchev–Trinajstić information content (AvgIpc) is 2.89. The molecule has 2 atom stereocenters. The lowest BCUT2D eigenvalue weighted by molar-refractivity contribution is -0.120. The number of Topliss-reactive ketones (excluding diaryl/α,β-unsaturated/α-hetero) is 1. The second-order valence-corrected chi connectivity index (χ2v) is 8.16. The molecule has 0 radical (unpaired) electrons. The van der Waals surface area contributed by atoms with Gasteiger partial charge in [-0.15, -0.1) is 0 Å². The molecule has 0 saturated heterocycles. The fraction of sp³-hybridized carbons (Fsp3) is 0.138. The van der Waals surface area contributed by atoms with Gasteiger partial charge in [0.1, 0.15) is 11.5 Å². The van der Waals surface area contributed by atoms with Gasteiger partial charge in [0.25, 0.3) is 0 Å². The summed E-state index contributed by atoms with van der Waals surface area (Å²) in [5.41, 5.74) is 1.41. The van der Waals surface area contributed by atoms with Crippen LogP contribution in [0.1, 0.15) is 34.1 Å². The van der Waals surface area contributed by atoms with Gasteiger partial charge in [-0.2, -0.15) is 0 Å². The minimum atomic E-state index is -1.10. The van der Waals surface area contributed by atoms with Crippen LogP contribution in [-0.2, 0) is 4.79 Å². The molecule has 0 aliphatic carbocycles.